The zero-order valence-corrected chi connectivity index (χ0v) is 12.9. The van der Waals surface area contributed by atoms with Crippen LogP contribution in [0.25, 0.3) is 0 Å². The fourth-order valence-corrected chi connectivity index (χ4v) is 2.95. The molecule has 21 heavy (non-hydrogen) atoms. The molecule has 2 heterocycles. The summed E-state index contributed by atoms with van der Waals surface area (Å²) in [6.45, 7) is 2.07. The number of aromatic nitrogens is 1. The highest BCUT2D eigenvalue weighted by molar-refractivity contribution is 6.53. The Bertz CT molecular complexity index is 643. The van der Waals surface area contributed by atoms with Crippen LogP contribution in [0.4, 0.5) is 5.82 Å². The molecule has 6 heteroatoms. The maximum absolute atomic E-state index is 12.8. The van der Waals surface area contributed by atoms with Gasteiger partial charge in [0.2, 0.25) is 5.91 Å². The van der Waals surface area contributed by atoms with Crippen molar-refractivity contribution >= 4 is 34.9 Å². The topological polar surface area (TPSA) is 46.3 Å². The quantitative estimate of drug-likeness (QED) is 0.804. The van der Waals surface area contributed by atoms with Gasteiger partial charge in [-0.1, -0.05) is 6.07 Å². The van der Waals surface area contributed by atoms with Gasteiger partial charge in [0.05, 0.1) is 18.2 Å². The third-order valence-corrected chi connectivity index (χ3v) is 4.90. The molecule has 1 aliphatic rings. The van der Waals surface area contributed by atoms with Crippen LogP contribution in [-0.2, 0) is 11.3 Å². The number of amides is 1. The minimum absolute atomic E-state index is 0.150. The molecule has 2 aromatic heterocycles. The second kappa shape index (κ2) is 5.04. The highest BCUT2D eigenvalue weighted by Gasteiger charge is 2.69. The average Bonchev–Trinajstić information content (AvgIpc) is 2.85. The van der Waals surface area contributed by atoms with Crippen molar-refractivity contribution in [3.63, 3.8) is 0 Å². The van der Waals surface area contributed by atoms with Crippen LogP contribution in [0.1, 0.15) is 19.1 Å². The Labute approximate surface area is 132 Å². The molecule has 1 saturated carbocycles. The number of anilines is 1. The van der Waals surface area contributed by atoms with E-state index in [1.54, 1.807) is 42.5 Å². The molecule has 0 spiro atoms. The van der Waals surface area contributed by atoms with Crippen LogP contribution in [0.5, 0.6) is 0 Å². The number of hydrogen-bond donors (Lipinski definition) is 0. The van der Waals surface area contributed by atoms with E-state index in [2.05, 4.69) is 4.98 Å². The van der Waals surface area contributed by atoms with E-state index in [-0.39, 0.29) is 5.91 Å². The van der Waals surface area contributed by atoms with E-state index < -0.39 is 9.75 Å². The summed E-state index contributed by atoms with van der Waals surface area (Å²) >= 11 is 12.3. The summed E-state index contributed by atoms with van der Waals surface area (Å²) in [6.07, 6.45) is 3.65. The highest BCUT2D eigenvalue weighted by Crippen LogP contribution is 2.64. The van der Waals surface area contributed by atoms with Crippen LogP contribution in [0, 0.1) is 5.41 Å². The summed E-state index contributed by atoms with van der Waals surface area (Å²) < 4.78 is 4.32. The van der Waals surface area contributed by atoms with Gasteiger partial charge in [-0.15, -0.1) is 23.2 Å². The SMILES string of the molecule is CC1(C(=O)N(Cc2ccco2)c2ccccn2)CC1(Cl)Cl. The van der Waals surface area contributed by atoms with Crippen molar-refractivity contribution in [3.8, 4) is 0 Å². The number of pyridine rings is 1. The largest absolute Gasteiger partial charge is 0.467 e. The molecule has 1 aliphatic carbocycles. The van der Waals surface area contributed by atoms with Crippen molar-refractivity contribution in [2.24, 2.45) is 5.41 Å². The number of alkyl halides is 2. The smallest absolute Gasteiger partial charge is 0.237 e. The lowest BCUT2D eigenvalue weighted by molar-refractivity contribution is -0.123. The maximum Gasteiger partial charge on any atom is 0.237 e. The number of carbonyl (C=O) groups is 1. The third-order valence-electron chi connectivity index (χ3n) is 3.79. The molecular weight excluding hydrogens is 311 g/mol. The maximum atomic E-state index is 12.8. The van der Waals surface area contributed by atoms with Gasteiger partial charge in [-0.2, -0.15) is 0 Å². The molecule has 0 aromatic carbocycles. The molecule has 1 fully saturated rings. The Morgan fingerprint density at radius 2 is 2.14 bits per heavy atom. The molecule has 3 rings (SSSR count). The first-order chi connectivity index (χ1) is 9.94. The Hall–Kier alpha value is -1.52. The van der Waals surface area contributed by atoms with Gasteiger partial charge in [0.25, 0.3) is 0 Å². The summed E-state index contributed by atoms with van der Waals surface area (Å²) in [5.74, 6) is 1.08. The Balaban J connectivity index is 1.92. The number of nitrogens with zero attached hydrogens (tertiary/aromatic N) is 2. The third kappa shape index (κ3) is 2.54. The summed E-state index contributed by atoms with van der Waals surface area (Å²) in [6, 6.07) is 8.99. The van der Waals surface area contributed by atoms with E-state index in [0.29, 0.717) is 24.5 Å². The molecule has 2 aromatic rings. The molecule has 1 unspecified atom stereocenters. The fourth-order valence-electron chi connectivity index (χ4n) is 2.26. The first kappa shape index (κ1) is 14.4. The van der Waals surface area contributed by atoms with E-state index in [1.807, 2.05) is 12.1 Å². The Morgan fingerprint density at radius 3 is 2.67 bits per heavy atom. The predicted octanol–water partition coefficient (Wildman–Crippen LogP) is 3.79. The lowest BCUT2D eigenvalue weighted by Gasteiger charge is -2.24. The van der Waals surface area contributed by atoms with E-state index in [9.17, 15) is 4.79 Å². The van der Waals surface area contributed by atoms with Gasteiger partial charge >= 0.3 is 0 Å². The van der Waals surface area contributed by atoms with Crippen molar-refractivity contribution in [2.75, 3.05) is 4.90 Å². The molecule has 0 saturated heterocycles. The van der Waals surface area contributed by atoms with Crippen molar-refractivity contribution < 1.29 is 9.21 Å². The van der Waals surface area contributed by atoms with Gasteiger partial charge in [-0.3, -0.25) is 9.69 Å². The highest BCUT2D eigenvalue weighted by atomic mass is 35.5. The average molecular weight is 325 g/mol. The number of carbonyl (C=O) groups excluding carboxylic acids is 1. The molecule has 0 bridgehead atoms. The van der Waals surface area contributed by atoms with Crippen molar-refractivity contribution in [3.05, 3.63) is 48.6 Å². The minimum Gasteiger partial charge on any atom is -0.467 e. The van der Waals surface area contributed by atoms with E-state index >= 15 is 0 Å². The predicted molar refractivity (Wildman–Crippen MR) is 81.3 cm³/mol. The summed E-state index contributed by atoms with van der Waals surface area (Å²) in [4.78, 5) is 18.7. The molecule has 1 amide bonds. The van der Waals surface area contributed by atoms with Crippen molar-refractivity contribution in [1.82, 2.24) is 4.98 Å². The summed E-state index contributed by atoms with van der Waals surface area (Å²) in [5, 5.41) is 0. The van der Waals surface area contributed by atoms with Gasteiger partial charge in [0.15, 0.2) is 0 Å². The Kier molecular flexibility index (Phi) is 3.46. The van der Waals surface area contributed by atoms with Crippen LogP contribution < -0.4 is 4.90 Å². The molecule has 1 atom stereocenters. The van der Waals surface area contributed by atoms with E-state index in [0.717, 1.165) is 0 Å². The number of hydrogen-bond acceptors (Lipinski definition) is 3. The first-order valence-corrected chi connectivity index (χ1v) is 7.33. The van der Waals surface area contributed by atoms with Crippen LogP contribution in [0.15, 0.2) is 47.2 Å². The van der Waals surface area contributed by atoms with Gasteiger partial charge < -0.3 is 4.42 Å². The van der Waals surface area contributed by atoms with Crippen LogP contribution >= 0.6 is 23.2 Å². The first-order valence-electron chi connectivity index (χ1n) is 6.57. The van der Waals surface area contributed by atoms with Crippen LogP contribution in [-0.4, -0.2) is 15.2 Å². The van der Waals surface area contributed by atoms with Crippen LogP contribution in [0.3, 0.4) is 0 Å². The molecule has 0 aliphatic heterocycles. The van der Waals surface area contributed by atoms with E-state index in [1.165, 1.54) is 0 Å². The van der Waals surface area contributed by atoms with Gasteiger partial charge in [-0.05, 0) is 37.6 Å². The van der Waals surface area contributed by atoms with Crippen molar-refractivity contribution in [2.45, 2.75) is 24.2 Å². The van der Waals surface area contributed by atoms with Gasteiger partial charge in [-0.25, -0.2) is 4.98 Å². The summed E-state index contributed by atoms with van der Waals surface area (Å²) in [5.41, 5.74) is -0.791. The molecular formula is C15H14Cl2N2O2. The molecule has 110 valence electrons. The number of rotatable bonds is 4. The lowest BCUT2D eigenvalue weighted by atomic mass is 10.1. The molecule has 4 nitrogen and oxygen atoms in total. The standard InChI is InChI=1S/C15H14Cl2N2O2/c1-14(10-15(14,16)17)13(20)19(9-11-5-4-8-21-11)12-6-2-3-7-18-12/h2-8H,9-10H2,1H3. The van der Waals surface area contributed by atoms with Gasteiger partial charge in [0, 0.05) is 6.20 Å². The lowest BCUT2D eigenvalue weighted by Crippen LogP contribution is -2.38. The van der Waals surface area contributed by atoms with Gasteiger partial charge in [0.1, 0.15) is 15.9 Å². The second-order valence-corrected chi connectivity index (χ2v) is 6.86. The monoisotopic (exact) mass is 324 g/mol. The Morgan fingerprint density at radius 1 is 1.38 bits per heavy atom. The minimum atomic E-state index is -1.01. The van der Waals surface area contributed by atoms with Crippen molar-refractivity contribution in [1.29, 1.82) is 0 Å². The fraction of sp³-hybridized carbons (Fsp3) is 0.333. The molecule has 0 radical (unpaired) electrons. The normalized spacial score (nSPS) is 22.8. The molecule has 0 N–H and O–H groups in total. The zero-order valence-electron chi connectivity index (χ0n) is 11.4. The summed E-state index contributed by atoms with van der Waals surface area (Å²) in [7, 11) is 0. The zero-order chi connectivity index (χ0) is 15.1. The van der Waals surface area contributed by atoms with Crippen LogP contribution in [0.2, 0.25) is 0 Å². The number of halogens is 2. The number of furan rings is 1. The van der Waals surface area contributed by atoms with E-state index in [4.69, 9.17) is 27.6 Å². The second-order valence-electron chi connectivity index (χ2n) is 5.37.